The Balaban J connectivity index is 1.50. The molecule has 4 rings (SSSR count). The molecule has 1 aliphatic carbocycles. The van der Waals surface area contributed by atoms with E-state index in [9.17, 15) is 0 Å². The van der Waals surface area contributed by atoms with Gasteiger partial charge in [-0.3, -0.25) is 16.0 Å². The third-order valence-electron chi connectivity index (χ3n) is 6.92. The summed E-state index contributed by atoms with van der Waals surface area (Å²) in [5.74, 6) is 0.182. The van der Waals surface area contributed by atoms with Gasteiger partial charge in [0.05, 0.1) is 37.0 Å². The molecule has 166 valence electrons. The van der Waals surface area contributed by atoms with Crippen molar-refractivity contribution in [2.45, 2.75) is 87.7 Å². The van der Waals surface area contributed by atoms with Crippen molar-refractivity contribution in [3.63, 3.8) is 0 Å². The van der Waals surface area contributed by atoms with Crippen molar-refractivity contribution in [3.05, 3.63) is 11.6 Å². The second-order valence-corrected chi connectivity index (χ2v) is 9.60. The first-order valence-corrected chi connectivity index (χ1v) is 11.7. The van der Waals surface area contributed by atoms with E-state index in [1.807, 2.05) is 7.05 Å². The topological polar surface area (TPSA) is 78.6 Å². The molecule has 0 bridgehead atoms. The molecule has 29 heavy (non-hydrogen) atoms. The minimum Gasteiger partial charge on any atom is -0.373 e. The Kier molecular flexibility index (Phi) is 7.51. The Morgan fingerprint density at radius 3 is 2.76 bits per heavy atom. The number of fused-ring (bicyclic) bond motifs is 1. The number of nitrogens with one attached hydrogen (secondary N) is 5. The SMILES string of the molecule is CNC1CC(C)NC(NC2CC3OCCOC3C(C3=CCN[C@@H](C)CC3)C2Cl)N1. The number of hydrogen-bond acceptors (Lipinski definition) is 7. The van der Waals surface area contributed by atoms with Crippen molar-refractivity contribution in [2.75, 3.05) is 26.8 Å². The molecule has 7 nitrogen and oxygen atoms in total. The quantitative estimate of drug-likeness (QED) is 0.336. The summed E-state index contributed by atoms with van der Waals surface area (Å²) < 4.78 is 12.4. The third-order valence-corrected chi connectivity index (χ3v) is 7.50. The van der Waals surface area contributed by atoms with Crippen molar-refractivity contribution in [3.8, 4) is 0 Å². The Bertz CT molecular complexity index is 579. The van der Waals surface area contributed by atoms with E-state index in [1.54, 1.807) is 0 Å². The van der Waals surface area contributed by atoms with E-state index in [1.165, 1.54) is 5.57 Å². The first kappa shape index (κ1) is 22.0. The maximum Gasteiger partial charge on any atom is 0.113 e. The van der Waals surface area contributed by atoms with Crippen LogP contribution in [0.2, 0.25) is 0 Å². The summed E-state index contributed by atoms with van der Waals surface area (Å²) in [7, 11) is 2.00. The van der Waals surface area contributed by atoms with E-state index >= 15 is 0 Å². The van der Waals surface area contributed by atoms with Gasteiger partial charge in [0.25, 0.3) is 0 Å². The van der Waals surface area contributed by atoms with Gasteiger partial charge in [-0.2, -0.15) is 0 Å². The summed E-state index contributed by atoms with van der Waals surface area (Å²) in [5.41, 5.74) is 1.43. The average molecular weight is 428 g/mol. The Morgan fingerprint density at radius 2 is 1.93 bits per heavy atom. The smallest absolute Gasteiger partial charge is 0.113 e. The number of hydrogen-bond donors (Lipinski definition) is 5. The molecule has 3 heterocycles. The van der Waals surface area contributed by atoms with Crippen molar-refractivity contribution < 1.29 is 9.47 Å². The number of rotatable bonds is 4. The van der Waals surface area contributed by atoms with E-state index < -0.39 is 0 Å². The highest BCUT2D eigenvalue weighted by atomic mass is 35.5. The molecular weight excluding hydrogens is 390 g/mol. The first-order valence-electron chi connectivity index (χ1n) is 11.3. The molecule has 5 N–H and O–H groups in total. The Labute approximate surface area is 180 Å². The molecule has 0 spiro atoms. The monoisotopic (exact) mass is 427 g/mol. The zero-order valence-electron chi connectivity index (χ0n) is 17.9. The number of ether oxygens (including phenoxy) is 2. The molecule has 4 aliphatic rings. The van der Waals surface area contributed by atoms with Crippen molar-refractivity contribution in [2.24, 2.45) is 5.92 Å². The lowest BCUT2D eigenvalue weighted by atomic mass is 9.75. The van der Waals surface area contributed by atoms with Crippen LogP contribution in [-0.2, 0) is 9.47 Å². The highest BCUT2D eigenvalue weighted by Gasteiger charge is 2.48. The fourth-order valence-corrected chi connectivity index (χ4v) is 5.81. The molecule has 0 aromatic carbocycles. The molecular formula is C21H38ClN5O2. The highest BCUT2D eigenvalue weighted by Crippen LogP contribution is 2.41. The van der Waals surface area contributed by atoms with Gasteiger partial charge in [-0.15, -0.1) is 11.6 Å². The molecule has 3 aliphatic heterocycles. The summed E-state index contributed by atoms with van der Waals surface area (Å²) in [6.07, 6.45) is 6.93. The van der Waals surface area contributed by atoms with E-state index in [-0.39, 0.29) is 42.0 Å². The molecule has 3 fully saturated rings. The van der Waals surface area contributed by atoms with Crippen LogP contribution in [0.5, 0.6) is 0 Å². The predicted octanol–water partition coefficient (Wildman–Crippen LogP) is 0.855. The van der Waals surface area contributed by atoms with E-state index in [0.29, 0.717) is 25.3 Å². The van der Waals surface area contributed by atoms with Crippen LogP contribution >= 0.6 is 11.6 Å². The lowest BCUT2D eigenvalue weighted by molar-refractivity contribution is -0.172. The fourth-order valence-electron chi connectivity index (χ4n) is 5.33. The van der Waals surface area contributed by atoms with Crippen LogP contribution in [0, 0.1) is 5.92 Å². The van der Waals surface area contributed by atoms with Gasteiger partial charge >= 0.3 is 0 Å². The summed E-state index contributed by atoms with van der Waals surface area (Å²) in [6.45, 7) is 6.71. The standard InChI is InChI=1S/C21H38ClN5O2/c1-12-4-5-14(6-7-24-12)18-19(22)15(11-16-20(18)29-9-8-28-16)26-21-25-13(2)10-17(23-3)27-21/h6,12-13,15-21,23-27H,4-5,7-11H2,1-3H3/t12-,13?,15?,16?,17?,18?,19?,20?,21?/m0/s1. The second-order valence-electron chi connectivity index (χ2n) is 9.10. The molecule has 2 saturated heterocycles. The Morgan fingerprint density at radius 1 is 1.10 bits per heavy atom. The van der Waals surface area contributed by atoms with Crippen molar-refractivity contribution in [1.82, 2.24) is 26.6 Å². The van der Waals surface area contributed by atoms with Gasteiger partial charge in [-0.1, -0.05) is 11.6 Å². The largest absolute Gasteiger partial charge is 0.373 e. The summed E-state index contributed by atoms with van der Waals surface area (Å²) in [5, 5.41) is 17.8. The number of alkyl halides is 1. The summed E-state index contributed by atoms with van der Waals surface area (Å²) >= 11 is 7.19. The molecule has 8 unspecified atom stereocenters. The van der Waals surface area contributed by atoms with Crippen molar-refractivity contribution in [1.29, 1.82) is 0 Å². The summed E-state index contributed by atoms with van der Waals surface area (Å²) in [6, 6.07) is 1.11. The van der Waals surface area contributed by atoms with E-state index in [0.717, 1.165) is 32.2 Å². The van der Waals surface area contributed by atoms with Crippen LogP contribution in [0.4, 0.5) is 0 Å². The maximum atomic E-state index is 7.19. The van der Waals surface area contributed by atoms with Crippen LogP contribution in [0.25, 0.3) is 0 Å². The first-order chi connectivity index (χ1) is 14.0. The lowest BCUT2D eigenvalue weighted by Crippen LogP contribution is -2.70. The van der Waals surface area contributed by atoms with Gasteiger partial charge in [0.1, 0.15) is 6.29 Å². The predicted molar refractivity (Wildman–Crippen MR) is 116 cm³/mol. The lowest BCUT2D eigenvalue weighted by Gasteiger charge is -2.49. The molecule has 0 radical (unpaired) electrons. The third kappa shape index (κ3) is 5.15. The zero-order valence-corrected chi connectivity index (χ0v) is 18.7. The van der Waals surface area contributed by atoms with Gasteiger partial charge in [0.15, 0.2) is 0 Å². The van der Waals surface area contributed by atoms with Crippen LogP contribution in [0.3, 0.4) is 0 Å². The van der Waals surface area contributed by atoms with Crippen LogP contribution < -0.4 is 26.6 Å². The number of halogens is 1. The van der Waals surface area contributed by atoms with Gasteiger partial charge in [0, 0.05) is 30.6 Å². The van der Waals surface area contributed by atoms with Gasteiger partial charge in [-0.05, 0) is 46.6 Å². The molecule has 9 atom stereocenters. The minimum atomic E-state index is -0.0357. The molecule has 0 aromatic heterocycles. The Hall–Kier alpha value is -0.250. The molecule has 8 heteroatoms. The molecule has 0 aromatic rings. The minimum absolute atomic E-state index is 0.0222. The van der Waals surface area contributed by atoms with Crippen LogP contribution in [0.1, 0.15) is 39.5 Å². The van der Waals surface area contributed by atoms with Crippen molar-refractivity contribution >= 4 is 11.6 Å². The van der Waals surface area contributed by atoms with E-state index in [4.69, 9.17) is 21.1 Å². The van der Waals surface area contributed by atoms with Crippen LogP contribution in [0.15, 0.2) is 11.6 Å². The fraction of sp³-hybridized carbons (Fsp3) is 0.905. The van der Waals surface area contributed by atoms with E-state index in [2.05, 4.69) is 46.5 Å². The highest BCUT2D eigenvalue weighted by molar-refractivity contribution is 6.21. The van der Waals surface area contributed by atoms with Crippen LogP contribution in [-0.4, -0.2) is 75.0 Å². The molecule has 1 saturated carbocycles. The average Bonchev–Trinajstić information content (AvgIpc) is 2.92. The summed E-state index contributed by atoms with van der Waals surface area (Å²) in [4.78, 5) is 0. The van der Waals surface area contributed by atoms with Gasteiger partial charge < -0.3 is 20.1 Å². The van der Waals surface area contributed by atoms with Gasteiger partial charge in [0.2, 0.25) is 0 Å². The second kappa shape index (κ2) is 9.92. The molecule has 0 amide bonds. The zero-order chi connectivity index (χ0) is 20.4. The normalized spacial score (nSPS) is 46.5. The maximum absolute atomic E-state index is 7.19. The van der Waals surface area contributed by atoms with Gasteiger partial charge in [-0.25, -0.2) is 0 Å².